The van der Waals surface area contributed by atoms with Gasteiger partial charge in [-0.15, -0.1) is 0 Å². The minimum atomic E-state index is 0.215. The van der Waals surface area contributed by atoms with Gasteiger partial charge in [-0.05, 0) is 45.4 Å². The highest BCUT2D eigenvalue weighted by Gasteiger charge is 2.20. The van der Waals surface area contributed by atoms with Gasteiger partial charge >= 0.3 is 0 Å². The lowest BCUT2D eigenvalue weighted by atomic mass is 10.1. The van der Waals surface area contributed by atoms with E-state index in [1.54, 1.807) is 13.3 Å². The first-order valence-electron chi connectivity index (χ1n) is 10.7. The van der Waals surface area contributed by atoms with Gasteiger partial charge in [0.2, 0.25) is 5.88 Å². The summed E-state index contributed by atoms with van der Waals surface area (Å²) >= 11 is 0. The molecule has 4 heterocycles. The highest BCUT2D eigenvalue weighted by molar-refractivity contribution is 5.93. The third-order valence-corrected chi connectivity index (χ3v) is 5.28. The van der Waals surface area contributed by atoms with Gasteiger partial charge in [0.25, 0.3) is 0 Å². The van der Waals surface area contributed by atoms with Crippen molar-refractivity contribution < 1.29 is 4.74 Å². The molecule has 0 saturated heterocycles. The molecular formula is C23H29N7O. The van der Waals surface area contributed by atoms with Crippen molar-refractivity contribution in [1.82, 2.24) is 29.5 Å². The first kappa shape index (κ1) is 20.8. The summed E-state index contributed by atoms with van der Waals surface area (Å²) in [5.41, 5.74) is 6.67. The molecule has 4 aromatic heterocycles. The van der Waals surface area contributed by atoms with Crippen LogP contribution in [0.5, 0.6) is 5.88 Å². The van der Waals surface area contributed by atoms with Crippen molar-refractivity contribution in [2.75, 3.05) is 12.4 Å². The van der Waals surface area contributed by atoms with E-state index in [0.717, 1.165) is 52.2 Å². The van der Waals surface area contributed by atoms with E-state index in [-0.39, 0.29) is 6.04 Å². The molecule has 8 heteroatoms. The molecule has 0 saturated carbocycles. The largest absolute Gasteiger partial charge is 0.481 e. The van der Waals surface area contributed by atoms with Crippen molar-refractivity contribution in [1.29, 1.82) is 0 Å². The van der Waals surface area contributed by atoms with Gasteiger partial charge < -0.3 is 10.1 Å². The van der Waals surface area contributed by atoms with Gasteiger partial charge in [-0.3, -0.25) is 9.36 Å². The summed E-state index contributed by atoms with van der Waals surface area (Å²) in [5.74, 6) is 0.554. The summed E-state index contributed by atoms with van der Waals surface area (Å²) in [4.78, 5) is 9.35. The number of rotatable bonds is 8. The molecule has 0 spiro atoms. The number of methoxy groups -OCH3 is 1. The van der Waals surface area contributed by atoms with Gasteiger partial charge in [0.05, 0.1) is 35.9 Å². The minimum Gasteiger partial charge on any atom is -0.481 e. The summed E-state index contributed by atoms with van der Waals surface area (Å²) in [6.45, 7) is 9.98. The number of anilines is 1. The lowest BCUT2D eigenvalue weighted by molar-refractivity contribution is 0.399. The van der Waals surface area contributed by atoms with E-state index in [2.05, 4.69) is 60.0 Å². The fourth-order valence-electron chi connectivity index (χ4n) is 3.70. The SMILES string of the molecule is CCc1nn(C(C)C)c2c(NCc3cnn(CC)c3)cc(-c3cccnc3OC)nc12. The molecule has 0 aliphatic rings. The predicted molar refractivity (Wildman–Crippen MR) is 122 cm³/mol. The Balaban J connectivity index is 1.86. The van der Waals surface area contributed by atoms with Crippen LogP contribution in [0.25, 0.3) is 22.3 Å². The second-order valence-corrected chi connectivity index (χ2v) is 7.71. The molecule has 1 N–H and O–H groups in total. The molecule has 8 nitrogen and oxygen atoms in total. The van der Waals surface area contributed by atoms with Gasteiger partial charge in [-0.1, -0.05) is 6.92 Å². The molecule has 0 aliphatic heterocycles. The Morgan fingerprint density at radius 2 is 2.06 bits per heavy atom. The maximum Gasteiger partial charge on any atom is 0.222 e. The van der Waals surface area contributed by atoms with E-state index in [4.69, 9.17) is 14.8 Å². The van der Waals surface area contributed by atoms with Crippen LogP contribution in [0.2, 0.25) is 0 Å². The molecule has 0 amide bonds. The number of aryl methyl sites for hydroxylation is 2. The Labute approximate surface area is 182 Å². The molecule has 4 rings (SSSR count). The second-order valence-electron chi connectivity index (χ2n) is 7.71. The fraction of sp³-hybridized carbons (Fsp3) is 0.391. The minimum absolute atomic E-state index is 0.215. The zero-order valence-electron chi connectivity index (χ0n) is 18.8. The summed E-state index contributed by atoms with van der Waals surface area (Å²) in [6, 6.07) is 6.15. The average molecular weight is 420 g/mol. The van der Waals surface area contributed by atoms with E-state index in [9.17, 15) is 0 Å². The molecular weight excluding hydrogens is 390 g/mol. The number of hydrogen-bond donors (Lipinski definition) is 1. The molecule has 0 radical (unpaired) electrons. The van der Waals surface area contributed by atoms with Crippen molar-refractivity contribution in [3.05, 3.63) is 48.0 Å². The number of fused-ring (bicyclic) bond motifs is 1. The van der Waals surface area contributed by atoms with Crippen LogP contribution in [0, 0.1) is 0 Å². The highest BCUT2D eigenvalue weighted by Crippen LogP contribution is 2.34. The fourth-order valence-corrected chi connectivity index (χ4v) is 3.70. The number of nitrogens with one attached hydrogen (secondary N) is 1. The van der Waals surface area contributed by atoms with Crippen LogP contribution >= 0.6 is 0 Å². The van der Waals surface area contributed by atoms with E-state index in [1.165, 1.54) is 0 Å². The summed E-state index contributed by atoms with van der Waals surface area (Å²) in [5, 5.41) is 12.9. The van der Waals surface area contributed by atoms with Crippen LogP contribution in [-0.4, -0.2) is 36.6 Å². The van der Waals surface area contributed by atoms with Gasteiger partial charge in [-0.25, -0.2) is 9.97 Å². The van der Waals surface area contributed by atoms with Crippen molar-refractivity contribution in [2.45, 2.75) is 53.2 Å². The molecule has 31 heavy (non-hydrogen) atoms. The molecule has 0 fully saturated rings. The number of ether oxygens (including phenoxy) is 1. The Bertz CT molecular complexity index is 1190. The van der Waals surface area contributed by atoms with Crippen molar-refractivity contribution in [3.8, 4) is 17.1 Å². The third-order valence-electron chi connectivity index (χ3n) is 5.28. The van der Waals surface area contributed by atoms with Crippen LogP contribution in [0.3, 0.4) is 0 Å². The molecule has 0 aromatic carbocycles. The van der Waals surface area contributed by atoms with Gasteiger partial charge in [0.1, 0.15) is 11.0 Å². The third kappa shape index (κ3) is 3.97. The van der Waals surface area contributed by atoms with Gasteiger partial charge in [-0.2, -0.15) is 10.2 Å². The second kappa shape index (κ2) is 8.75. The van der Waals surface area contributed by atoms with Crippen LogP contribution in [0.15, 0.2) is 36.8 Å². The van der Waals surface area contributed by atoms with E-state index in [1.807, 2.05) is 23.0 Å². The van der Waals surface area contributed by atoms with Crippen LogP contribution < -0.4 is 10.1 Å². The lowest BCUT2D eigenvalue weighted by Gasteiger charge is -2.14. The molecule has 0 unspecified atom stereocenters. The quantitative estimate of drug-likeness (QED) is 0.454. The van der Waals surface area contributed by atoms with Crippen LogP contribution in [-0.2, 0) is 19.5 Å². The molecule has 0 bridgehead atoms. The maximum absolute atomic E-state index is 5.49. The van der Waals surface area contributed by atoms with Gasteiger partial charge in [0.15, 0.2) is 0 Å². The Kier molecular flexibility index (Phi) is 5.88. The first-order valence-corrected chi connectivity index (χ1v) is 10.7. The van der Waals surface area contributed by atoms with E-state index >= 15 is 0 Å². The molecule has 0 atom stereocenters. The molecule has 0 aliphatic carbocycles. The number of aromatic nitrogens is 6. The zero-order valence-corrected chi connectivity index (χ0v) is 18.8. The number of nitrogens with zero attached hydrogens (tertiary/aromatic N) is 6. The molecule has 162 valence electrons. The van der Waals surface area contributed by atoms with Crippen molar-refractivity contribution in [3.63, 3.8) is 0 Å². The zero-order chi connectivity index (χ0) is 22.0. The summed E-state index contributed by atoms with van der Waals surface area (Å²) in [6.07, 6.45) is 6.49. The van der Waals surface area contributed by atoms with Crippen LogP contribution in [0.4, 0.5) is 5.69 Å². The smallest absolute Gasteiger partial charge is 0.222 e. The average Bonchev–Trinajstić information content (AvgIpc) is 3.41. The Morgan fingerprint density at radius 1 is 1.23 bits per heavy atom. The summed E-state index contributed by atoms with van der Waals surface area (Å²) in [7, 11) is 1.63. The van der Waals surface area contributed by atoms with Crippen molar-refractivity contribution >= 4 is 16.7 Å². The number of hydrogen-bond acceptors (Lipinski definition) is 6. The molecule has 4 aromatic rings. The lowest BCUT2D eigenvalue weighted by Crippen LogP contribution is -2.07. The van der Waals surface area contributed by atoms with E-state index < -0.39 is 0 Å². The Morgan fingerprint density at radius 3 is 2.74 bits per heavy atom. The number of pyridine rings is 2. The van der Waals surface area contributed by atoms with E-state index in [0.29, 0.717) is 12.4 Å². The van der Waals surface area contributed by atoms with Gasteiger partial charge in [0, 0.05) is 37.1 Å². The monoisotopic (exact) mass is 419 g/mol. The first-order chi connectivity index (χ1) is 15.0. The Hall–Kier alpha value is -3.42. The summed E-state index contributed by atoms with van der Waals surface area (Å²) < 4.78 is 9.48. The highest BCUT2D eigenvalue weighted by atomic mass is 16.5. The van der Waals surface area contributed by atoms with Crippen LogP contribution in [0.1, 0.15) is 45.0 Å². The van der Waals surface area contributed by atoms with Crippen molar-refractivity contribution in [2.24, 2.45) is 0 Å². The normalized spacial score (nSPS) is 11.4. The standard InChI is InChI=1S/C23H29N7O/c1-6-18-21-22(30(28-18)15(3)4)20(25-12-16-13-26-29(7-2)14-16)11-19(27-21)17-9-8-10-24-23(17)31-5/h8-11,13-15H,6-7,12H2,1-5H3,(H,25,27). The topological polar surface area (TPSA) is 82.7 Å². The maximum atomic E-state index is 5.49. The predicted octanol–water partition coefficient (Wildman–Crippen LogP) is 4.47.